The van der Waals surface area contributed by atoms with Gasteiger partial charge in [-0.25, -0.2) is 9.59 Å². The molecule has 5 aromatic carbocycles. The zero-order chi connectivity index (χ0) is 62.4. The van der Waals surface area contributed by atoms with Gasteiger partial charge in [0, 0.05) is 78.3 Å². The van der Waals surface area contributed by atoms with E-state index in [2.05, 4.69) is 25.5 Å². The molecule has 0 radical (unpaired) electrons. The van der Waals surface area contributed by atoms with Crippen molar-refractivity contribution in [1.82, 2.24) is 20.8 Å². The molecule has 92 heavy (non-hydrogen) atoms. The van der Waals surface area contributed by atoms with Crippen LogP contribution in [0.1, 0.15) is 51.0 Å². The van der Waals surface area contributed by atoms with E-state index in [1.807, 2.05) is 66.7 Å². The van der Waals surface area contributed by atoms with Crippen LogP contribution in [-0.4, -0.2) is 130 Å². The Kier molecular flexibility index (Phi) is 33.9. The Morgan fingerprint density at radius 1 is 0.511 bits per heavy atom. The van der Waals surface area contributed by atoms with Gasteiger partial charge in [-0.15, -0.1) is 0 Å². The molecule has 0 unspecified atom stereocenters. The number of hydrogen-bond donors (Lipinski definition) is 5. The second-order valence-electron chi connectivity index (χ2n) is 18.8. The van der Waals surface area contributed by atoms with Crippen molar-refractivity contribution >= 4 is 64.5 Å². The Morgan fingerprint density at radius 2 is 0.880 bits per heavy atom. The fourth-order valence-corrected chi connectivity index (χ4v) is 8.68. The van der Waals surface area contributed by atoms with Gasteiger partial charge in [-0.1, -0.05) is 48.5 Å². The van der Waals surface area contributed by atoms with Gasteiger partial charge in [0.15, 0.2) is 0 Å². The average Bonchev–Trinajstić information content (AvgIpc) is 1.64. The minimum atomic E-state index is -1.29. The largest absolute Gasteiger partial charge is 1.00 e. The molecule has 27 nitrogen and oxygen atoms in total. The predicted molar refractivity (Wildman–Crippen MR) is 341 cm³/mol. The number of aliphatic carboxylic acids is 2. The number of nitrogens with one attached hydrogen (secondary N) is 1. The maximum absolute atomic E-state index is 12.6. The number of carboxylic acids is 2. The number of esters is 1. The molecule has 3 heterocycles. The van der Waals surface area contributed by atoms with Crippen LogP contribution in [0.3, 0.4) is 0 Å². The van der Waals surface area contributed by atoms with Crippen LogP contribution >= 0.6 is 40.5 Å². The average molecular weight is 1330 g/mol. The third-order valence-electron chi connectivity index (χ3n) is 13.2. The van der Waals surface area contributed by atoms with E-state index in [1.54, 1.807) is 85.1 Å². The zero-order valence-corrected chi connectivity index (χ0v) is 54.5. The van der Waals surface area contributed by atoms with Gasteiger partial charge in [0.1, 0.15) is 96.3 Å². The number of nitrogens with zero attached hydrogens (tertiary/aromatic N) is 3. The van der Waals surface area contributed by atoms with Crippen molar-refractivity contribution in [1.29, 1.82) is 0 Å². The number of carbonyl (C=O) groups excluding carboxylic acids is 2. The molecular formula is C61H73LiN6O21S3. The molecule has 0 fully saturated rings. The third kappa shape index (κ3) is 22.2. The minimum Gasteiger partial charge on any atom is -0.870 e. The van der Waals surface area contributed by atoms with Gasteiger partial charge in [-0.05, 0) is 74.1 Å². The van der Waals surface area contributed by atoms with E-state index in [9.17, 15) is 24.3 Å². The molecule has 8 aromatic rings. The maximum atomic E-state index is 12.6. The van der Waals surface area contributed by atoms with Gasteiger partial charge >= 0.3 is 42.9 Å². The van der Waals surface area contributed by atoms with Crippen molar-refractivity contribution in [3.8, 4) is 63.3 Å². The van der Waals surface area contributed by atoms with Crippen LogP contribution in [0.2, 0.25) is 0 Å². The zero-order valence-electron chi connectivity index (χ0n) is 51.5. The molecule has 0 saturated heterocycles. The Balaban J connectivity index is 0.000000484. The first-order valence-corrected chi connectivity index (χ1v) is 26.6. The van der Waals surface area contributed by atoms with Gasteiger partial charge in [-0.3, -0.25) is 9.59 Å². The number of amides is 1. The first-order chi connectivity index (χ1) is 42.1. The number of hydrogen-bond acceptors (Lipinski definition) is 24. The second-order valence-corrected chi connectivity index (χ2v) is 18.8. The Bertz CT molecular complexity index is 3550. The van der Waals surface area contributed by atoms with Crippen LogP contribution in [0, 0.1) is 0 Å². The summed E-state index contributed by atoms with van der Waals surface area (Å²) in [6.07, 6.45) is -0.773. The van der Waals surface area contributed by atoms with Crippen LogP contribution in [0.25, 0.3) is 11.1 Å². The number of ether oxygens (including phenoxy) is 11. The van der Waals surface area contributed by atoms with Gasteiger partial charge in [-0.2, -0.15) is 40.5 Å². The summed E-state index contributed by atoms with van der Waals surface area (Å²) in [5.41, 5.74) is 17.8. The Hall–Kier alpha value is -8.86. The van der Waals surface area contributed by atoms with E-state index in [4.69, 9.17) is 77.5 Å². The molecule has 0 bridgehead atoms. The third-order valence-corrected chi connectivity index (χ3v) is 13.2. The van der Waals surface area contributed by atoms with E-state index in [1.165, 1.54) is 19.2 Å². The van der Waals surface area contributed by atoms with Crippen molar-refractivity contribution in [2.75, 3.05) is 56.4 Å². The van der Waals surface area contributed by atoms with E-state index < -0.39 is 42.1 Å². The monoisotopic (exact) mass is 1330 g/mol. The first-order valence-electron chi connectivity index (χ1n) is 26.6. The number of benzene rings is 5. The second kappa shape index (κ2) is 39.4. The number of rotatable bonds is 27. The quantitative estimate of drug-likeness (QED) is 0.0349. The van der Waals surface area contributed by atoms with E-state index in [-0.39, 0.29) is 134 Å². The van der Waals surface area contributed by atoms with Crippen LogP contribution in [0.4, 0.5) is 4.79 Å². The fourth-order valence-electron chi connectivity index (χ4n) is 8.68. The van der Waals surface area contributed by atoms with Gasteiger partial charge in [0.25, 0.3) is 17.6 Å². The van der Waals surface area contributed by atoms with Gasteiger partial charge in [0.05, 0.1) is 49.8 Å². The van der Waals surface area contributed by atoms with Crippen molar-refractivity contribution in [3.63, 3.8) is 0 Å². The van der Waals surface area contributed by atoms with Crippen molar-refractivity contribution in [2.45, 2.75) is 63.1 Å². The molecule has 0 spiro atoms. The molecule has 0 aliphatic heterocycles. The van der Waals surface area contributed by atoms with Gasteiger partial charge < -0.3 is 98.1 Å². The molecule has 3 atom stereocenters. The smallest absolute Gasteiger partial charge is 0.870 e. The SMILES string of the molecule is COC(=O)[C@@H](N)Cc1cc(OCc2ccc(OC)cc2OC)no1.COc1ccc(COc2cc(C[C@H](N)C(=O)O)on2)c(OC)c1.COc1ccc(COc2cc(C[C@H](NC(=O)OCC3c4ccccc4-c4ccccc43)C(=O)O)on2)c(OC)c1.S.S.S.[Li+].[OH-]. The number of fused-ring (bicyclic) bond motifs is 3. The summed E-state index contributed by atoms with van der Waals surface area (Å²) in [7, 11) is 10.7. The van der Waals surface area contributed by atoms with Crippen LogP contribution in [-0.2, 0) is 62.9 Å². The topological polar surface area (TPSA) is 382 Å². The summed E-state index contributed by atoms with van der Waals surface area (Å²) < 4.78 is 73.6. The summed E-state index contributed by atoms with van der Waals surface area (Å²) in [5.74, 6) is 2.57. The fraction of sp³-hybridized carbons (Fsp3) is 0.295. The Labute approximate surface area is 562 Å². The number of carbonyl (C=O) groups is 4. The van der Waals surface area contributed by atoms with E-state index >= 15 is 0 Å². The number of methoxy groups -OCH3 is 7. The van der Waals surface area contributed by atoms with Crippen molar-refractivity contribution in [3.05, 3.63) is 166 Å². The van der Waals surface area contributed by atoms with Crippen LogP contribution < -0.4 is 78.3 Å². The molecule has 9 rings (SSSR count). The normalized spacial score (nSPS) is 11.5. The number of carboxylic acid groups (broad SMARTS) is 2. The number of nitrogens with two attached hydrogens (primary N) is 2. The molecule has 492 valence electrons. The molecule has 1 amide bonds. The van der Waals surface area contributed by atoms with E-state index in [0.29, 0.717) is 51.9 Å². The van der Waals surface area contributed by atoms with Crippen LogP contribution in [0.5, 0.6) is 52.1 Å². The molecular weight excluding hydrogens is 1260 g/mol. The molecule has 31 heteroatoms. The molecule has 1 aliphatic rings. The summed E-state index contributed by atoms with van der Waals surface area (Å²) in [6, 6.07) is 33.5. The molecule has 8 N–H and O–H groups in total. The van der Waals surface area contributed by atoms with E-state index in [0.717, 1.165) is 38.9 Å². The maximum Gasteiger partial charge on any atom is 1.00 e. The summed E-state index contributed by atoms with van der Waals surface area (Å²) in [6.45, 7) is 0.660. The summed E-state index contributed by atoms with van der Waals surface area (Å²) in [5, 5.41) is 32.2. The number of aromatic nitrogens is 3. The van der Waals surface area contributed by atoms with Crippen molar-refractivity contribution in [2.24, 2.45) is 11.5 Å². The first kappa shape index (κ1) is 79.2. The minimum absolute atomic E-state index is 0. The van der Waals surface area contributed by atoms with Crippen LogP contribution in [0.15, 0.2) is 135 Å². The number of alkyl carbamates (subject to hydrolysis) is 1. The molecule has 0 saturated carbocycles. The van der Waals surface area contributed by atoms with Crippen molar-refractivity contribution < 1.29 is 119 Å². The molecule has 3 aromatic heterocycles. The standard InChI is InChI=1S/C30H28N2O8.C16H20N2O6.C15H18N2O6.Li.H2O.3H2S/c1-36-19-12-11-18(27(14-19)37-2)16-38-28-15-20(40-32-28)13-26(29(33)34)31-30(35)39-17-25-23-9-5-3-7-21(23)22-8-4-6-10-24(22)25;1-20-11-5-4-10(14(7-11)21-2)9-23-15-8-12(24-18-15)6-13(17)16(19)22-3;1-20-10-4-3-9(13(6-10)21-2)8-22-14-7-11(23-17-14)5-12(16)15(18)19;;;;;/h3-12,14-15,25-26H,13,16-17H2,1-2H3,(H,31,35)(H,33,34);4-5,7-8,13H,6,9,17H2,1-3H3;3-4,6-7,12H,5,8,16H2,1-2H3,(H,18,19);;4*1H2/q;;;+1;;;;/p-1/t26-;13-;12-;;;;;/m000...../s1. The summed E-state index contributed by atoms with van der Waals surface area (Å²) in [4.78, 5) is 46.5. The predicted octanol–water partition coefficient (Wildman–Crippen LogP) is 4.51. The molecule has 1 aliphatic carbocycles. The summed E-state index contributed by atoms with van der Waals surface area (Å²) >= 11 is 0. The van der Waals surface area contributed by atoms with Gasteiger partial charge in [0.2, 0.25) is 0 Å². The Morgan fingerprint density at radius 3 is 1.23 bits per heavy atom.